The monoisotopic (exact) mass is 381 g/mol. The molecule has 1 aliphatic heterocycles. The highest BCUT2D eigenvalue weighted by Gasteiger charge is 2.35. The van der Waals surface area contributed by atoms with Gasteiger partial charge < -0.3 is 9.42 Å². The largest absolute Gasteiger partial charge is 0.341 e. The summed E-state index contributed by atoms with van der Waals surface area (Å²) in [7, 11) is 0. The molecule has 0 N–H and O–H groups in total. The van der Waals surface area contributed by atoms with Gasteiger partial charge in [-0.1, -0.05) is 66.1 Å². The van der Waals surface area contributed by atoms with Crippen molar-refractivity contribution >= 4 is 17.5 Å². The molecule has 138 valence electrons. The highest BCUT2D eigenvalue weighted by atomic mass is 35.5. The second-order valence-corrected chi connectivity index (χ2v) is 7.35. The van der Waals surface area contributed by atoms with E-state index in [1.165, 1.54) is 5.56 Å². The fourth-order valence-electron chi connectivity index (χ4n) is 3.48. The zero-order valence-corrected chi connectivity index (χ0v) is 15.8. The maximum atomic E-state index is 12.5. The predicted molar refractivity (Wildman–Crippen MR) is 104 cm³/mol. The molecule has 2 aromatic carbocycles. The minimum Gasteiger partial charge on any atom is -0.341 e. The number of carbonyl (C=O) groups excluding carboxylic acids is 1. The van der Waals surface area contributed by atoms with Crippen molar-refractivity contribution in [1.29, 1.82) is 0 Å². The van der Waals surface area contributed by atoms with Crippen molar-refractivity contribution in [1.82, 2.24) is 15.0 Å². The van der Waals surface area contributed by atoms with Gasteiger partial charge in [-0.05, 0) is 23.6 Å². The van der Waals surface area contributed by atoms with E-state index in [0.717, 1.165) is 5.56 Å². The quantitative estimate of drug-likeness (QED) is 0.652. The molecular weight excluding hydrogens is 362 g/mol. The van der Waals surface area contributed by atoms with Gasteiger partial charge in [-0.25, -0.2) is 0 Å². The normalized spacial score (nSPS) is 18.1. The number of aromatic nitrogens is 2. The van der Waals surface area contributed by atoms with Crippen LogP contribution in [0, 0.1) is 0 Å². The molecule has 0 spiro atoms. The molecule has 3 aromatic rings. The summed E-state index contributed by atoms with van der Waals surface area (Å²) < 4.78 is 5.45. The van der Waals surface area contributed by atoms with Gasteiger partial charge >= 0.3 is 0 Å². The number of carbonyl (C=O) groups is 1. The van der Waals surface area contributed by atoms with E-state index in [9.17, 15) is 4.79 Å². The van der Waals surface area contributed by atoms with Crippen LogP contribution >= 0.6 is 11.6 Å². The van der Waals surface area contributed by atoms with Crippen molar-refractivity contribution in [2.24, 2.45) is 0 Å². The maximum Gasteiger partial charge on any atom is 0.232 e. The minimum absolute atomic E-state index is 0.0794. The van der Waals surface area contributed by atoms with Crippen molar-refractivity contribution < 1.29 is 9.32 Å². The van der Waals surface area contributed by atoms with Gasteiger partial charge in [0.25, 0.3) is 0 Å². The third-order valence-corrected chi connectivity index (χ3v) is 5.31. The van der Waals surface area contributed by atoms with E-state index in [1.807, 2.05) is 41.3 Å². The topological polar surface area (TPSA) is 59.2 Å². The van der Waals surface area contributed by atoms with Gasteiger partial charge in [-0.3, -0.25) is 4.79 Å². The molecular formula is C21H20ClN3O2. The van der Waals surface area contributed by atoms with Gasteiger partial charge in [0.2, 0.25) is 17.6 Å². The number of benzene rings is 2. The average molecular weight is 382 g/mol. The molecule has 2 heterocycles. The van der Waals surface area contributed by atoms with E-state index < -0.39 is 0 Å². The van der Waals surface area contributed by atoms with Gasteiger partial charge in [0.15, 0.2) is 0 Å². The first-order chi connectivity index (χ1) is 13.1. The zero-order valence-electron chi connectivity index (χ0n) is 15.0. The number of likely N-dealkylation sites (tertiary alicyclic amines) is 1. The molecule has 1 fully saturated rings. The lowest BCUT2D eigenvalue weighted by molar-refractivity contribution is -0.127. The second kappa shape index (κ2) is 7.53. The van der Waals surface area contributed by atoms with E-state index in [1.54, 1.807) is 6.07 Å². The van der Waals surface area contributed by atoms with Gasteiger partial charge in [0.1, 0.15) is 0 Å². The highest BCUT2D eigenvalue weighted by molar-refractivity contribution is 6.33. The lowest BCUT2D eigenvalue weighted by atomic mass is 10.0. The first kappa shape index (κ1) is 17.7. The number of hydrogen-bond donors (Lipinski definition) is 0. The second-order valence-electron chi connectivity index (χ2n) is 6.95. The molecule has 6 heteroatoms. The van der Waals surface area contributed by atoms with E-state index in [2.05, 4.69) is 29.2 Å². The van der Waals surface area contributed by atoms with Gasteiger partial charge in [-0.15, -0.1) is 0 Å². The molecule has 27 heavy (non-hydrogen) atoms. The van der Waals surface area contributed by atoms with Crippen LogP contribution in [0.15, 0.2) is 59.1 Å². The maximum absolute atomic E-state index is 12.5. The molecule has 5 nitrogen and oxygen atoms in total. The zero-order chi connectivity index (χ0) is 18.8. The number of amides is 1. The van der Waals surface area contributed by atoms with Gasteiger partial charge in [0.05, 0.1) is 10.9 Å². The number of halogens is 1. The Hall–Kier alpha value is -2.66. The molecule has 0 radical (unpaired) electrons. The van der Waals surface area contributed by atoms with E-state index >= 15 is 0 Å². The summed E-state index contributed by atoms with van der Waals surface area (Å²) in [6.07, 6.45) is 0.395. The molecule has 0 bridgehead atoms. The van der Waals surface area contributed by atoms with Crippen LogP contribution in [-0.2, 0) is 4.79 Å². The van der Waals surface area contributed by atoms with Crippen LogP contribution in [0.25, 0.3) is 11.4 Å². The van der Waals surface area contributed by atoms with Crippen LogP contribution in [0.4, 0.5) is 0 Å². The van der Waals surface area contributed by atoms with Crippen molar-refractivity contribution in [2.75, 3.05) is 13.1 Å². The molecule has 4 rings (SSSR count). The van der Waals surface area contributed by atoms with Crippen molar-refractivity contribution in [3.05, 3.63) is 71.1 Å². The average Bonchev–Trinajstić information content (AvgIpc) is 3.30. The van der Waals surface area contributed by atoms with E-state index in [0.29, 0.717) is 36.2 Å². The third-order valence-electron chi connectivity index (χ3n) is 4.98. The molecule has 2 atom stereocenters. The summed E-state index contributed by atoms with van der Waals surface area (Å²) in [6, 6.07) is 17.6. The summed E-state index contributed by atoms with van der Waals surface area (Å²) in [6.45, 7) is 3.42. The standard InChI is InChI=1S/C21H20ClN3O2/c1-14(15-7-3-2-4-8-15)12-25-13-16(11-19(25)26)21-23-20(24-27-21)17-9-5-6-10-18(17)22/h2-10,14,16H,11-13H2,1H3. The Morgan fingerprint density at radius 2 is 1.93 bits per heavy atom. The Labute approximate surface area is 163 Å². The lowest BCUT2D eigenvalue weighted by Crippen LogP contribution is -2.29. The predicted octanol–water partition coefficient (Wildman–Crippen LogP) is 4.51. The van der Waals surface area contributed by atoms with Gasteiger partial charge in [-0.2, -0.15) is 4.98 Å². The highest BCUT2D eigenvalue weighted by Crippen LogP contribution is 2.31. The summed E-state index contributed by atoms with van der Waals surface area (Å²) in [5, 5.41) is 4.62. The number of rotatable bonds is 5. The molecule has 1 aliphatic rings. The Morgan fingerprint density at radius 1 is 1.19 bits per heavy atom. The van der Waals surface area contributed by atoms with E-state index in [4.69, 9.17) is 16.1 Å². The molecule has 0 aliphatic carbocycles. The summed E-state index contributed by atoms with van der Waals surface area (Å²) in [5.74, 6) is 1.27. The van der Waals surface area contributed by atoms with Gasteiger partial charge in [0, 0.05) is 25.1 Å². The molecule has 1 aromatic heterocycles. The Kier molecular flexibility index (Phi) is 4.94. The lowest BCUT2D eigenvalue weighted by Gasteiger charge is -2.21. The van der Waals surface area contributed by atoms with Crippen LogP contribution in [0.1, 0.15) is 36.6 Å². The molecule has 1 saturated heterocycles. The van der Waals surface area contributed by atoms with Crippen molar-refractivity contribution in [3.63, 3.8) is 0 Å². The first-order valence-electron chi connectivity index (χ1n) is 9.03. The van der Waals surface area contributed by atoms with Crippen LogP contribution < -0.4 is 0 Å². The molecule has 1 amide bonds. The number of hydrogen-bond acceptors (Lipinski definition) is 4. The summed E-state index contributed by atoms with van der Waals surface area (Å²) >= 11 is 6.21. The fourth-order valence-corrected chi connectivity index (χ4v) is 3.70. The van der Waals surface area contributed by atoms with Crippen LogP contribution in [0.5, 0.6) is 0 Å². The third kappa shape index (κ3) is 3.74. The van der Waals surface area contributed by atoms with E-state index in [-0.39, 0.29) is 17.7 Å². The Morgan fingerprint density at radius 3 is 2.70 bits per heavy atom. The summed E-state index contributed by atoms with van der Waals surface area (Å²) in [5.41, 5.74) is 1.96. The molecule has 2 unspecified atom stereocenters. The van der Waals surface area contributed by atoms with Crippen LogP contribution in [0.2, 0.25) is 5.02 Å². The van der Waals surface area contributed by atoms with Crippen molar-refractivity contribution in [3.8, 4) is 11.4 Å². The SMILES string of the molecule is CC(CN1CC(c2nc(-c3ccccc3Cl)no2)CC1=O)c1ccccc1. The number of nitrogens with zero attached hydrogens (tertiary/aromatic N) is 3. The van der Waals surface area contributed by atoms with Crippen LogP contribution in [-0.4, -0.2) is 34.0 Å². The fraction of sp³-hybridized carbons (Fsp3) is 0.286. The smallest absolute Gasteiger partial charge is 0.232 e. The Bertz CT molecular complexity index is 941. The Balaban J connectivity index is 1.46. The van der Waals surface area contributed by atoms with Crippen LogP contribution in [0.3, 0.4) is 0 Å². The minimum atomic E-state index is -0.0794. The molecule has 0 saturated carbocycles. The summed E-state index contributed by atoms with van der Waals surface area (Å²) in [4.78, 5) is 18.8. The first-order valence-corrected chi connectivity index (χ1v) is 9.41. The van der Waals surface area contributed by atoms with Crippen molar-refractivity contribution in [2.45, 2.75) is 25.2 Å².